The van der Waals surface area contributed by atoms with Crippen LogP contribution in [-0.2, 0) is 0 Å². The molecule has 0 radical (unpaired) electrons. The molecule has 0 bridgehead atoms. The first-order chi connectivity index (χ1) is 3.39. The van der Waals surface area contributed by atoms with E-state index in [0.717, 1.165) is 0 Å². The molecule has 0 aliphatic rings. The van der Waals surface area contributed by atoms with Crippen molar-refractivity contribution in [2.24, 2.45) is 0 Å². The predicted octanol–water partition coefficient (Wildman–Crippen LogP) is 0.379. The van der Waals surface area contributed by atoms with Crippen molar-refractivity contribution in [3.8, 4) is 5.75 Å². The van der Waals surface area contributed by atoms with Crippen LogP contribution in [0.5, 0.6) is 5.75 Å². The zero-order valence-electron chi connectivity index (χ0n) is 4.37. The second-order valence-electron chi connectivity index (χ2n) is 1.31. The van der Waals surface area contributed by atoms with Gasteiger partial charge in [-0.25, -0.2) is 0 Å². The Hall–Kier alpha value is -0.344. The molecule has 1 rings (SSSR count). The van der Waals surface area contributed by atoms with Crippen LogP contribution in [0, 0.1) is 0 Å². The Kier molecular flexibility index (Phi) is 3.48. The van der Waals surface area contributed by atoms with Gasteiger partial charge in [-0.15, -0.1) is 5.75 Å². The summed E-state index contributed by atoms with van der Waals surface area (Å²) in [5.74, 6) is 0.0718. The van der Waals surface area contributed by atoms with Crippen LogP contribution < -0.4 is 5.11 Å². The fraction of sp³-hybridized carbons (Fsp3) is 0. The number of hydrogen-bond acceptors (Lipinski definition) is 1. The van der Waals surface area contributed by atoms with Crippen molar-refractivity contribution in [1.29, 1.82) is 0 Å². The summed E-state index contributed by atoms with van der Waals surface area (Å²) in [5, 5.41) is 10.3. The van der Waals surface area contributed by atoms with Gasteiger partial charge in [0, 0.05) is 0 Å². The van der Waals surface area contributed by atoms with Crippen LogP contribution in [0.4, 0.5) is 0 Å². The fourth-order valence-corrected chi connectivity index (χ4v) is 0.420. The molecule has 0 aliphatic carbocycles. The molecule has 2 heteroatoms. The maximum atomic E-state index is 10.3. The van der Waals surface area contributed by atoms with Crippen LogP contribution in [0.3, 0.4) is 0 Å². The molecule has 0 saturated carbocycles. The fourth-order valence-electron chi connectivity index (χ4n) is 0.420. The van der Waals surface area contributed by atoms with Crippen molar-refractivity contribution in [3.63, 3.8) is 0 Å². The average Bonchev–Trinajstić information content (AvgIpc) is 1.69. The smallest absolute Gasteiger partial charge is 0.872 e. The van der Waals surface area contributed by atoms with Crippen molar-refractivity contribution < 1.29 is 5.11 Å². The number of rotatable bonds is 0. The summed E-state index contributed by atoms with van der Waals surface area (Å²) < 4.78 is 0. The molecule has 8 heavy (non-hydrogen) atoms. The van der Waals surface area contributed by atoms with Crippen molar-refractivity contribution in [1.82, 2.24) is 0 Å². The van der Waals surface area contributed by atoms with Crippen molar-refractivity contribution in [2.45, 2.75) is 0 Å². The number of benzene rings is 1. The van der Waals surface area contributed by atoms with Crippen molar-refractivity contribution >= 4 is 19.8 Å². The Morgan fingerprint density at radius 3 is 1.75 bits per heavy atom. The summed E-state index contributed by atoms with van der Waals surface area (Å²) in [6.07, 6.45) is 0. The minimum atomic E-state index is 0. The van der Waals surface area contributed by atoms with E-state index in [1.54, 1.807) is 12.1 Å². The van der Waals surface area contributed by atoms with Gasteiger partial charge in [0.1, 0.15) is 0 Å². The molecule has 0 spiro atoms. The summed E-state index contributed by atoms with van der Waals surface area (Å²) in [5.41, 5.74) is 0. The van der Waals surface area contributed by atoms with E-state index < -0.39 is 0 Å². The van der Waals surface area contributed by atoms with Gasteiger partial charge in [-0.1, -0.05) is 30.3 Å². The van der Waals surface area contributed by atoms with E-state index in [2.05, 4.69) is 0 Å². The van der Waals surface area contributed by atoms with Crippen molar-refractivity contribution in [3.05, 3.63) is 30.3 Å². The molecule has 0 N–H and O–H groups in total. The first-order valence-electron chi connectivity index (χ1n) is 2.11. The van der Waals surface area contributed by atoms with Gasteiger partial charge in [0.2, 0.25) is 0 Å². The molecule has 0 unspecified atom stereocenters. The van der Waals surface area contributed by atoms with Gasteiger partial charge >= 0.3 is 19.8 Å². The summed E-state index contributed by atoms with van der Waals surface area (Å²) in [6.45, 7) is 0. The normalized spacial score (nSPS) is 7.50. The third kappa shape index (κ3) is 2.09. The summed E-state index contributed by atoms with van der Waals surface area (Å²) in [6, 6.07) is 8.33. The van der Waals surface area contributed by atoms with Crippen LogP contribution in [0.15, 0.2) is 30.3 Å². The third-order valence-electron chi connectivity index (χ3n) is 0.743. The van der Waals surface area contributed by atoms with Crippen LogP contribution in [-0.4, -0.2) is 19.8 Å². The van der Waals surface area contributed by atoms with Crippen molar-refractivity contribution in [2.75, 3.05) is 0 Å². The first kappa shape index (κ1) is 7.66. The second-order valence-corrected chi connectivity index (χ2v) is 1.31. The second kappa shape index (κ2) is 3.63. The Morgan fingerprint density at radius 1 is 1.00 bits per heavy atom. The standard InChI is InChI=1S/C6H6O.Ga/c7-6-4-2-1-3-5-6;/h1-5,7H;/q;+3/p-1. The zero-order chi connectivity index (χ0) is 5.11. The molecule has 0 amide bonds. The van der Waals surface area contributed by atoms with Crippen LogP contribution in [0.25, 0.3) is 0 Å². The molecular weight excluding hydrogens is 158 g/mol. The van der Waals surface area contributed by atoms with Gasteiger partial charge in [0.15, 0.2) is 0 Å². The SMILES string of the molecule is [Ga+3].[O-]c1ccccc1. The molecule has 0 atom stereocenters. The van der Waals surface area contributed by atoms with E-state index in [1.165, 1.54) is 12.1 Å². The molecule has 1 nitrogen and oxygen atoms in total. The topological polar surface area (TPSA) is 23.1 Å². The molecule has 36 valence electrons. The Bertz CT molecular complexity index is 138. The monoisotopic (exact) mass is 162 g/mol. The molecule has 0 aliphatic heterocycles. The van der Waals surface area contributed by atoms with E-state index in [4.69, 9.17) is 0 Å². The van der Waals surface area contributed by atoms with Gasteiger partial charge in [0.05, 0.1) is 0 Å². The first-order valence-corrected chi connectivity index (χ1v) is 2.11. The van der Waals surface area contributed by atoms with E-state index in [0.29, 0.717) is 0 Å². The average molecular weight is 163 g/mol. The summed E-state index contributed by atoms with van der Waals surface area (Å²) in [4.78, 5) is 0. The molecule has 1 aromatic rings. The van der Waals surface area contributed by atoms with Gasteiger partial charge in [0.25, 0.3) is 0 Å². The van der Waals surface area contributed by atoms with E-state index in [1.807, 2.05) is 6.07 Å². The van der Waals surface area contributed by atoms with Crippen LogP contribution >= 0.6 is 0 Å². The molecule has 0 fully saturated rings. The Morgan fingerprint density at radius 2 is 1.50 bits per heavy atom. The van der Waals surface area contributed by atoms with E-state index >= 15 is 0 Å². The van der Waals surface area contributed by atoms with Crippen LogP contribution in [0.2, 0.25) is 0 Å². The van der Waals surface area contributed by atoms with Gasteiger partial charge in [-0.3, -0.25) is 0 Å². The number of hydrogen-bond donors (Lipinski definition) is 0. The molecule has 0 heterocycles. The molecule has 0 saturated heterocycles. The molecule has 1 aromatic carbocycles. The summed E-state index contributed by atoms with van der Waals surface area (Å²) >= 11 is 0. The zero-order valence-corrected chi connectivity index (χ0v) is 6.79. The van der Waals surface area contributed by atoms with Gasteiger partial charge in [-0.2, -0.15) is 0 Å². The Balaban J connectivity index is 0.000000490. The maximum absolute atomic E-state index is 10.3. The quantitative estimate of drug-likeness (QED) is 0.506. The van der Waals surface area contributed by atoms with Gasteiger partial charge in [-0.05, 0) is 0 Å². The number of para-hydroxylation sites is 1. The molecule has 0 aromatic heterocycles. The van der Waals surface area contributed by atoms with E-state index in [9.17, 15) is 5.11 Å². The minimum absolute atomic E-state index is 0. The maximum Gasteiger partial charge on any atom is 3.00 e. The van der Waals surface area contributed by atoms with E-state index in [-0.39, 0.29) is 25.5 Å². The summed E-state index contributed by atoms with van der Waals surface area (Å²) in [7, 11) is 0. The minimum Gasteiger partial charge on any atom is -0.872 e. The van der Waals surface area contributed by atoms with Gasteiger partial charge < -0.3 is 5.11 Å². The molecular formula is C6H5GaO+2. The Labute approximate surface area is 61.4 Å². The third-order valence-corrected chi connectivity index (χ3v) is 0.743. The largest absolute Gasteiger partial charge is 3.00 e. The van der Waals surface area contributed by atoms with Crippen LogP contribution in [0.1, 0.15) is 0 Å². The predicted molar refractivity (Wildman–Crippen MR) is 31.6 cm³/mol.